The number of hydrogen-bond acceptors (Lipinski definition) is 2. The fraction of sp³-hybridized carbons (Fsp3) is 0.625. The molecule has 1 rings (SSSR count). The van der Waals surface area contributed by atoms with E-state index in [-0.39, 0.29) is 0 Å². The maximum Gasteiger partial charge on any atom is 0.119 e. The SMILES string of the molecule is CCCC(CCC)NCCOc1cccc(C)c1. The summed E-state index contributed by atoms with van der Waals surface area (Å²) in [5.41, 5.74) is 1.25. The molecule has 1 aromatic carbocycles. The van der Waals surface area contributed by atoms with Gasteiger partial charge in [0, 0.05) is 12.6 Å². The molecule has 1 N–H and O–H groups in total. The first-order valence-electron chi connectivity index (χ1n) is 7.19. The maximum absolute atomic E-state index is 5.73. The molecule has 1 aromatic rings. The zero-order valence-corrected chi connectivity index (χ0v) is 12.0. The lowest BCUT2D eigenvalue weighted by atomic mass is 10.1. The highest BCUT2D eigenvalue weighted by Crippen LogP contribution is 2.12. The van der Waals surface area contributed by atoms with Gasteiger partial charge in [-0.1, -0.05) is 38.8 Å². The molecule has 0 radical (unpaired) electrons. The lowest BCUT2D eigenvalue weighted by molar-refractivity contribution is 0.299. The van der Waals surface area contributed by atoms with Gasteiger partial charge in [-0.3, -0.25) is 0 Å². The predicted molar refractivity (Wildman–Crippen MR) is 78.3 cm³/mol. The van der Waals surface area contributed by atoms with Crippen LogP contribution in [0.25, 0.3) is 0 Å². The normalized spacial score (nSPS) is 10.9. The molecule has 0 aliphatic heterocycles. The first-order valence-corrected chi connectivity index (χ1v) is 7.19. The number of nitrogens with one attached hydrogen (secondary N) is 1. The summed E-state index contributed by atoms with van der Waals surface area (Å²) in [4.78, 5) is 0. The number of benzene rings is 1. The third kappa shape index (κ3) is 6.06. The highest BCUT2D eigenvalue weighted by molar-refractivity contribution is 5.27. The van der Waals surface area contributed by atoms with Crippen LogP contribution in [0.1, 0.15) is 45.1 Å². The average Bonchev–Trinajstić information content (AvgIpc) is 2.35. The molecule has 0 spiro atoms. The Hall–Kier alpha value is -1.02. The highest BCUT2D eigenvalue weighted by Gasteiger charge is 2.04. The second kappa shape index (κ2) is 8.98. The molecule has 18 heavy (non-hydrogen) atoms. The van der Waals surface area contributed by atoms with E-state index in [9.17, 15) is 0 Å². The molecular formula is C16H27NO. The Morgan fingerprint density at radius 1 is 1.17 bits per heavy atom. The zero-order valence-electron chi connectivity index (χ0n) is 12.0. The molecule has 0 fully saturated rings. The van der Waals surface area contributed by atoms with E-state index < -0.39 is 0 Å². The quantitative estimate of drug-likeness (QED) is 0.669. The maximum atomic E-state index is 5.73. The molecule has 0 heterocycles. The Balaban J connectivity index is 2.20. The lowest BCUT2D eigenvalue weighted by Gasteiger charge is -2.17. The van der Waals surface area contributed by atoms with Crippen LogP contribution >= 0.6 is 0 Å². The predicted octanol–water partition coefficient (Wildman–Crippen LogP) is 3.93. The van der Waals surface area contributed by atoms with Gasteiger partial charge < -0.3 is 10.1 Å². The Labute approximate surface area is 112 Å². The number of rotatable bonds is 9. The van der Waals surface area contributed by atoms with Crippen molar-refractivity contribution in [3.05, 3.63) is 29.8 Å². The van der Waals surface area contributed by atoms with Crippen molar-refractivity contribution >= 4 is 0 Å². The van der Waals surface area contributed by atoms with Gasteiger partial charge >= 0.3 is 0 Å². The fourth-order valence-electron chi connectivity index (χ4n) is 2.18. The van der Waals surface area contributed by atoms with Crippen molar-refractivity contribution in [3.8, 4) is 5.75 Å². The van der Waals surface area contributed by atoms with Crippen LogP contribution in [0.2, 0.25) is 0 Å². The van der Waals surface area contributed by atoms with Crippen LogP contribution in [0.15, 0.2) is 24.3 Å². The lowest BCUT2D eigenvalue weighted by Crippen LogP contribution is -2.32. The van der Waals surface area contributed by atoms with E-state index in [0.29, 0.717) is 6.04 Å². The van der Waals surface area contributed by atoms with E-state index >= 15 is 0 Å². The molecule has 0 aliphatic carbocycles. The average molecular weight is 249 g/mol. The van der Waals surface area contributed by atoms with Crippen molar-refractivity contribution in [2.45, 2.75) is 52.5 Å². The van der Waals surface area contributed by atoms with Crippen LogP contribution in [0, 0.1) is 6.92 Å². The summed E-state index contributed by atoms with van der Waals surface area (Å²) in [6.45, 7) is 8.25. The fourth-order valence-corrected chi connectivity index (χ4v) is 2.18. The van der Waals surface area contributed by atoms with Gasteiger partial charge in [0.05, 0.1) is 0 Å². The smallest absolute Gasteiger partial charge is 0.119 e. The summed E-state index contributed by atoms with van der Waals surface area (Å²) in [6, 6.07) is 8.87. The van der Waals surface area contributed by atoms with E-state index in [0.717, 1.165) is 18.9 Å². The standard InChI is InChI=1S/C16H27NO/c1-4-7-15(8-5-2)17-11-12-18-16-10-6-9-14(3)13-16/h6,9-10,13,15,17H,4-5,7-8,11-12H2,1-3H3. The van der Waals surface area contributed by atoms with Crippen molar-refractivity contribution < 1.29 is 4.74 Å². The molecule has 0 saturated heterocycles. The van der Waals surface area contributed by atoms with Gasteiger partial charge in [0.1, 0.15) is 12.4 Å². The zero-order chi connectivity index (χ0) is 13.2. The van der Waals surface area contributed by atoms with Gasteiger partial charge in [-0.05, 0) is 37.5 Å². The first kappa shape index (κ1) is 15.0. The van der Waals surface area contributed by atoms with Crippen LogP contribution in [0.5, 0.6) is 5.75 Å². The molecule has 102 valence electrons. The summed E-state index contributed by atoms with van der Waals surface area (Å²) in [5.74, 6) is 0.972. The van der Waals surface area contributed by atoms with Crippen LogP contribution in [0.4, 0.5) is 0 Å². The van der Waals surface area contributed by atoms with Crippen LogP contribution < -0.4 is 10.1 Å². The Kier molecular flexibility index (Phi) is 7.51. The van der Waals surface area contributed by atoms with Gasteiger partial charge in [-0.2, -0.15) is 0 Å². The Morgan fingerprint density at radius 2 is 1.89 bits per heavy atom. The molecule has 0 aliphatic rings. The number of ether oxygens (including phenoxy) is 1. The van der Waals surface area contributed by atoms with Crippen molar-refractivity contribution in [1.82, 2.24) is 5.32 Å². The Bertz CT molecular complexity index is 319. The van der Waals surface area contributed by atoms with Crippen LogP contribution in [0.3, 0.4) is 0 Å². The van der Waals surface area contributed by atoms with E-state index in [1.54, 1.807) is 0 Å². The monoisotopic (exact) mass is 249 g/mol. The van der Waals surface area contributed by atoms with E-state index in [4.69, 9.17) is 4.74 Å². The molecule has 0 saturated carbocycles. The first-order chi connectivity index (χ1) is 8.76. The number of hydrogen-bond donors (Lipinski definition) is 1. The van der Waals surface area contributed by atoms with Gasteiger partial charge in [0.15, 0.2) is 0 Å². The van der Waals surface area contributed by atoms with Crippen molar-refractivity contribution in [2.24, 2.45) is 0 Å². The molecular weight excluding hydrogens is 222 g/mol. The van der Waals surface area contributed by atoms with Gasteiger partial charge in [-0.15, -0.1) is 0 Å². The number of aryl methyl sites for hydroxylation is 1. The van der Waals surface area contributed by atoms with Crippen molar-refractivity contribution in [1.29, 1.82) is 0 Å². The minimum absolute atomic E-state index is 0.654. The third-order valence-electron chi connectivity index (χ3n) is 3.07. The molecule has 0 unspecified atom stereocenters. The van der Waals surface area contributed by atoms with Gasteiger partial charge in [0.25, 0.3) is 0 Å². The van der Waals surface area contributed by atoms with Crippen molar-refractivity contribution in [2.75, 3.05) is 13.2 Å². The van der Waals surface area contributed by atoms with E-state index in [2.05, 4.69) is 38.2 Å². The van der Waals surface area contributed by atoms with Crippen molar-refractivity contribution in [3.63, 3.8) is 0 Å². The van der Waals surface area contributed by atoms with E-state index in [1.807, 2.05) is 12.1 Å². The molecule has 0 atom stereocenters. The molecule has 0 bridgehead atoms. The van der Waals surface area contributed by atoms with Crippen LogP contribution in [-0.2, 0) is 0 Å². The summed E-state index contributed by atoms with van der Waals surface area (Å²) < 4.78 is 5.73. The molecule has 0 aromatic heterocycles. The second-order valence-electron chi connectivity index (χ2n) is 4.89. The highest BCUT2D eigenvalue weighted by atomic mass is 16.5. The molecule has 2 heteroatoms. The third-order valence-corrected chi connectivity index (χ3v) is 3.07. The van der Waals surface area contributed by atoms with Gasteiger partial charge in [-0.25, -0.2) is 0 Å². The summed E-state index contributed by atoms with van der Waals surface area (Å²) in [7, 11) is 0. The largest absolute Gasteiger partial charge is 0.492 e. The molecule has 2 nitrogen and oxygen atoms in total. The summed E-state index contributed by atoms with van der Waals surface area (Å²) in [5, 5.41) is 3.58. The second-order valence-corrected chi connectivity index (χ2v) is 4.89. The van der Waals surface area contributed by atoms with E-state index in [1.165, 1.54) is 31.2 Å². The topological polar surface area (TPSA) is 21.3 Å². The minimum Gasteiger partial charge on any atom is -0.492 e. The molecule has 0 amide bonds. The summed E-state index contributed by atoms with van der Waals surface area (Å²) in [6.07, 6.45) is 5.02. The van der Waals surface area contributed by atoms with Crippen LogP contribution in [-0.4, -0.2) is 19.2 Å². The summed E-state index contributed by atoms with van der Waals surface area (Å²) >= 11 is 0. The Morgan fingerprint density at radius 3 is 2.50 bits per heavy atom. The minimum atomic E-state index is 0.654. The van der Waals surface area contributed by atoms with Gasteiger partial charge in [0.2, 0.25) is 0 Å².